The number of carbonyl (C=O) groups is 1. The lowest BCUT2D eigenvalue weighted by atomic mass is 10.1. The predicted octanol–water partition coefficient (Wildman–Crippen LogP) is 1.98. The molecule has 0 saturated carbocycles. The molecule has 0 aliphatic carbocycles. The first kappa shape index (κ1) is 16.9. The fraction of sp³-hybridized carbons (Fsp3) is 0.562. The highest BCUT2D eigenvalue weighted by molar-refractivity contribution is 5.85. The van der Waals surface area contributed by atoms with E-state index in [0.717, 1.165) is 49.5 Å². The summed E-state index contributed by atoms with van der Waals surface area (Å²) in [6.45, 7) is 5.12. The number of hydrogen-bond donors (Lipinski definition) is 1. The van der Waals surface area contributed by atoms with Crippen molar-refractivity contribution in [3.05, 3.63) is 23.8 Å². The lowest BCUT2D eigenvalue weighted by Crippen LogP contribution is -2.42. The summed E-state index contributed by atoms with van der Waals surface area (Å²) in [5, 5.41) is 3.33. The molecule has 2 aliphatic heterocycles. The third-order valence-corrected chi connectivity index (χ3v) is 4.05. The molecular weight excluding hydrogens is 304 g/mol. The molecule has 2 heterocycles. The Labute approximate surface area is 137 Å². The van der Waals surface area contributed by atoms with Crippen LogP contribution in [0.3, 0.4) is 0 Å². The number of nitrogens with one attached hydrogen (secondary N) is 1. The number of benzene rings is 1. The number of nitrogens with zero attached hydrogens (tertiary/aromatic N) is 1. The van der Waals surface area contributed by atoms with Crippen molar-refractivity contribution in [1.82, 2.24) is 10.2 Å². The van der Waals surface area contributed by atoms with Gasteiger partial charge in [0.1, 0.15) is 0 Å². The minimum atomic E-state index is 0. The SMILES string of the molecule is CCCN(C(=O)Cc1ccc2c(c1)OCO2)C1CCNC1.Cl. The Morgan fingerprint density at radius 1 is 1.36 bits per heavy atom. The molecule has 122 valence electrons. The summed E-state index contributed by atoms with van der Waals surface area (Å²) in [4.78, 5) is 14.6. The van der Waals surface area contributed by atoms with Gasteiger partial charge in [-0.3, -0.25) is 4.79 Å². The number of carbonyl (C=O) groups excluding carboxylic acids is 1. The maximum atomic E-state index is 12.6. The number of fused-ring (bicyclic) bond motifs is 1. The van der Waals surface area contributed by atoms with Crippen molar-refractivity contribution in [3.8, 4) is 11.5 Å². The summed E-state index contributed by atoms with van der Waals surface area (Å²) in [6.07, 6.45) is 2.46. The van der Waals surface area contributed by atoms with E-state index in [1.807, 2.05) is 23.1 Å². The Balaban J connectivity index is 0.00000176. The van der Waals surface area contributed by atoms with E-state index in [2.05, 4.69) is 12.2 Å². The van der Waals surface area contributed by atoms with Crippen LogP contribution < -0.4 is 14.8 Å². The molecule has 22 heavy (non-hydrogen) atoms. The van der Waals surface area contributed by atoms with Crippen molar-refractivity contribution in [2.24, 2.45) is 0 Å². The second kappa shape index (κ2) is 7.70. The summed E-state index contributed by atoms with van der Waals surface area (Å²) < 4.78 is 10.7. The number of amides is 1. The van der Waals surface area contributed by atoms with Crippen molar-refractivity contribution < 1.29 is 14.3 Å². The summed E-state index contributed by atoms with van der Waals surface area (Å²) in [7, 11) is 0. The molecule has 1 aromatic rings. The lowest BCUT2D eigenvalue weighted by Gasteiger charge is -2.28. The Bertz CT molecular complexity index is 518. The van der Waals surface area contributed by atoms with Crippen LogP contribution in [0.4, 0.5) is 0 Å². The molecule has 1 N–H and O–H groups in total. The van der Waals surface area contributed by atoms with E-state index in [4.69, 9.17) is 9.47 Å². The number of rotatable bonds is 5. The maximum Gasteiger partial charge on any atom is 0.231 e. The highest BCUT2D eigenvalue weighted by atomic mass is 35.5. The van der Waals surface area contributed by atoms with Gasteiger partial charge in [0.15, 0.2) is 11.5 Å². The summed E-state index contributed by atoms with van der Waals surface area (Å²) in [5.74, 6) is 1.70. The monoisotopic (exact) mass is 326 g/mol. The van der Waals surface area contributed by atoms with Gasteiger partial charge < -0.3 is 19.7 Å². The van der Waals surface area contributed by atoms with Crippen LogP contribution in [-0.4, -0.2) is 43.3 Å². The van der Waals surface area contributed by atoms with Crippen molar-refractivity contribution in [2.75, 3.05) is 26.4 Å². The van der Waals surface area contributed by atoms with Gasteiger partial charge in [-0.15, -0.1) is 12.4 Å². The van der Waals surface area contributed by atoms with Gasteiger partial charge in [-0.1, -0.05) is 13.0 Å². The van der Waals surface area contributed by atoms with Gasteiger partial charge in [0.05, 0.1) is 6.42 Å². The highest BCUT2D eigenvalue weighted by Crippen LogP contribution is 2.32. The molecule has 0 bridgehead atoms. The van der Waals surface area contributed by atoms with Gasteiger partial charge in [-0.2, -0.15) is 0 Å². The van der Waals surface area contributed by atoms with Crippen LogP contribution >= 0.6 is 12.4 Å². The van der Waals surface area contributed by atoms with E-state index in [-0.39, 0.29) is 25.1 Å². The number of ether oxygens (including phenoxy) is 2. The molecule has 1 aromatic carbocycles. The average molecular weight is 327 g/mol. The Morgan fingerprint density at radius 3 is 2.91 bits per heavy atom. The molecule has 5 nitrogen and oxygen atoms in total. The van der Waals surface area contributed by atoms with Gasteiger partial charge in [-0.05, 0) is 37.1 Å². The second-order valence-corrected chi connectivity index (χ2v) is 5.60. The molecule has 0 radical (unpaired) electrons. The molecule has 0 spiro atoms. The van der Waals surface area contributed by atoms with E-state index >= 15 is 0 Å². The first-order valence-electron chi connectivity index (χ1n) is 7.66. The summed E-state index contributed by atoms with van der Waals surface area (Å²) in [5.41, 5.74) is 0.983. The van der Waals surface area contributed by atoms with Crippen LogP contribution in [0.25, 0.3) is 0 Å². The van der Waals surface area contributed by atoms with Crippen LogP contribution in [0.2, 0.25) is 0 Å². The molecule has 1 saturated heterocycles. The first-order chi connectivity index (χ1) is 10.3. The molecular formula is C16H23ClN2O3. The Morgan fingerprint density at radius 2 is 2.18 bits per heavy atom. The average Bonchev–Trinajstić information content (AvgIpc) is 3.15. The molecule has 1 amide bonds. The zero-order valence-electron chi connectivity index (χ0n) is 12.8. The smallest absolute Gasteiger partial charge is 0.231 e. The van der Waals surface area contributed by atoms with Crippen molar-refractivity contribution in [3.63, 3.8) is 0 Å². The first-order valence-corrected chi connectivity index (χ1v) is 7.66. The molecule has 1 fully saturated rings. The Hall–Kier alpha value is -1.46. The molecule has 1 unspecified atom stereocenters. The van der Waals surface area contributed by atoms with E-state index in [9.17, 15) is 4.79 Å². The van der Waals surface area contributed by atoms with Gasteiger partial charge in [0.2, 0.25) is 12.7 Å². The summed E-state index contributed by atoms with van der Waals surface area (Å²) >= 11 is 0. The van der Waals surface area contributed by atoms with Crippen LogP contribution in [0.5, 0.6) is 11.5 Å². The number of hydrogen-bond acceptors (Lipinski definition) is 4. The minimum absolute atomic E-state index is 0. The lowest BCUT2D eigenvalue weighted by molar-refractivity contribution is -0.132. The third-order valence-electron chi connectivity index (χ3n) is 4.05. The van der Waals surface area contributed by atoms with Crippen LogP contribution in [0, 0.1) is 0 Å². The Kier molecular flexibility index (Phi) is 5.91. The second-order valence-electron chi connectivity index (χ2n) is 5.60. The van der Waals surface area contributed by atoms with Gasteiger partial charge in [-0.25, -0.2) is 0 Å². The quantitative estimate of drug-likeness (QED) is 0.899. The van der Waals surface area contributed by atoms with Crippen LogP contribution in [0.1, 0.15) is 25.3 Å². The zero-order valence-corrected chi connectivity index (χ0v) is 13.7. The number of halogens is 1. The topological polar surface area (TPSA) is 50.8 Å². The zero-order chi connectivity index (χ0) is 14.7. The maximum absolute atomic E-state index is 12.6. The largest absolute Gasteiger partial charge is 0.454 e. The van der Waals surface area contributed by atoms with Crippen molar-refractivity contribution >= 4 is 18.3 Å². The van der Waals surface area contributed by atoms with Crippen LogP contribution in [0.15, 0.2) is 18.2 Å². The van der Waals surface area contributed by atoms with E-state index in [1.165, 1.54) is 0 Å². The van der Waals surface area contributed by atoms with Crippen molar-refractivity contribution in [2.45, 2.75) is 32.2 Å². The van der Waals surface area contributed by atoms with E-state index < -0.39 is 0 Å². The van der Waals surface area contributed by atoms with E-state index in [1.54, 1.807) is 0 Å². The van der Waals surface area contributed by atoms with Gasteiger partial charge >= 0.3 is 0 Å². The minimum Gasteiger partial charge on any atom is -0.454 e. The fourth-order valence-corrected chi connectivity index (χ4v) is 2.98. The molecule has 1 atom stereocenters. The fourth-order valence-electron chi connectivity index (χ4n) is 2.98. The van der Waals surface area contributed by atoms with E-state index in [0.29, 0.717) is 12.5 Å². The van der Waals surface area contributed by atoms with Gasteiger partial charge in [0.25, 0.3) is 0 Å². The van der Waals surface area contributed by atoms with Gasteiger partial charge in [0, 0.05) is 19.1 Å². The summed E-state index contributed by atoms with van der Waals surface area (Å²) in [6, 6.07) is 6.08. The predicted molar refractivity (Wildman–Crippen MR) is 86.8 cm³/mol. The van der Waals surface area contributed by atoms with Crippen molar-refractivity contribution in [1.29, 1.82) is 0 Å². The normalized spacial score (nSPS) is 18.9. The highest BCUT2D eigenvalue weighted by Gasteiger charge is 2.26. The van der Waals surface area contributed by atoms with Crippen LogP contribution in [-0.2, 0) is 11.2 Å². The molecule has 2 aliphatic rings. The third kappa shape index (κ3) is 3.65. The molecule has 0 aromatic heterocycles. The molecule has 3 rings (SSSR count). The molecule has 6 heteroatoms. The standard InChI is InChI=1S/C16H22N2O3.ClH/c1-2-7-18(13-5-6-17-10-13)16(19)9-12-3-4-14-15(8-12)21-11-20-14;/h3-4,8,13,17H,2,5-7,9-11H2,1H3;1H.